The van der Waals surface area contributed by atoms with Gasteiger partial charge in [0.15, 0.2) is 0 Å². The molecule has 0 saturated heterocycles. The molecule has 1 aromatic carbocycles. The van der Waals surface area contributed by atoms with Gasteiger partial charge in [-0.1, -0.05) is 0 Å². The van der Waals surface area contributed by atoms with Gasteiger partial charge >= 0.3 is 0 Å². The zero-order valence-electron chi connectivity index (χ0n) is 11.0. The van der Waals surface area contributed by atoms with Crippen LogP contribution in [0.5, 0.6) is 0 Å². The van der Waals surface area contributed by atoms with E-state index in [1.807, 2.05) is 0 Å². The van der Waals surface area contributed by atoms with Crippen LogP contribution >= 0.6 is 0 Å². The van der Waals surface area contributed by atoms with Crippen molar-refractivity contribution in [2.24, 2.45) is 29.6 Å². The molecule has 1 amide bonds. The molecule has 0 aromatic heterocycles. The first kappa shape index (κ1) is 11.9. The molecule has 104 valence electrons. The summed E-state index contributed by atoms with van der Waals surface area (Å²) in [6, 6.07) is 6.05. The van der Waals surface area contributed by atoms with E-state index in [0.29, 0.717) is 17.5 Å². The lowest BCUT2D eigenvalue weighted by Crippen LogP contribution is -2.18. The zero-order valence-corrected chi connectivity index (χ0v) is 11.0. The molecule has 0 aliphatic heterocycles. The largest absolute Gasteiger partial charge is 0.326 e. The summed E-state index contributed by atoms with van der Waals surface area (Å²) in [4.78, 5) is 22.4. The van der Waals surface area contributed by atoms with Crippen LogP contribution in [0.15, 0.2) is 24.3 Å². The first-order valence-corrected chi connectivity index (χ1v) is 7.20. The van der Waals surface area contributed by atoms with Gasteiger partial charge in [0, 0.05) is 23.7 Å². The SMILES string of the molecule is O=C(Nc1ccc([N+](=O)[O-])cc1)C1[C@H]2[C@@H]3CC[C@H](C3)[C@H]12. The number of nitrogens with zero attached hydrogens (tertiary/aromatic N) is 1. The average molecular weight is 272 g/mol. The van der Waals surface area contributed by atoms with Crippen molar-refractivity contribution in [2.75, 3.05) is 5.32 Å². The Balaban J connectivity index is 1.42. The Kier molecular flexibility index (Phi) is 2.40. The van der Waals surface area contributed by atoms with Gasteiger partial charge < -0.3 is 5.32 Å². The Bertz CT molecular complexity index is 567. The summed E-state index contributed by atoms with van der Waals surface area (Å²) in [5.74, 6) is 3.08. The number of hydrogen-bond acceptors (Lipinski definition) is 3. The summed E-state index contributed by atoms with van der Waals surface area (Å²) in [7, 11) is 0. The summed E-state index contributed by atoms with van der Waals surface area (Å²) in [6.45, 7) is 0. The van der Waals surface area contributed by atoms with E-state index < -0.39 is 4.92 Å². The van der Waals surface area contributed by atoms with Crippen LogP contribution in [0.4, 0.5) is 11.4 Å². The molecule has 20 heavy (non-hydrogen) atoms. The number of nitro groups is 1. The third kappa shape index (κ3) is 1.65. The standard InChI is InChI=1S/C15H16N2O3/c18-15(14-12-8-1-2-9(7-8)13(12)14)16-10-3-5-11(6-4-10)17(19)20/h3-6,8-9,12-14H,1-2,7H2,(H,16,18)/t8-,9-,12+,13+/m1/s1. The first-order valence-electron chi connectivity index (χ1n) is 7.20. The fraction of sp³-hybridized carbons (Fsp3) is 0.533. The molecule has 0 heterocycles. The maximum atomic E-state index is 12.3. The van der Waals surface area contributed by atoms with Gasteiger partial charge in [-0.25, -0.2) is 0 Å². The Morgan fingerprint density at radius 3 is 2.30 bits per heavy atom. The summed E-state index contributed by atoms with van der Waals surface area (Å²) in [5.41, 5.74) is 0.697. The Morgan fingerprint density at radius 2 is 1.75 bits per heavy atom. The van der Waals surface area contributed by atoms with Gasteiger partial charge in [-0.2, -0.15) is 0 Å². The van der Waals surface area contributed by atoms with E-state index in [4.69, 9.17) is 0 Å². The minimum Gasteiger partial charge on any atom is -0.326 e. The number of amides is 1. The number of carbonyl (C=O) groups is 1. The highest BCUT2D eigenvalue weighted by Gasteiger charge is 2.67. The zero-order chi connectivity index (χ0) is 13.9. The molecule has 4 rings (SSSR count). The van der Waals surface area contributed by atoms with Crippen molar-refractivity contribution in [3.05, 3.63) is 34.4 Å². The lowest BCUT2D eigenvalue weighted by atomic mass is 10.0. The van der Waals surface area contributed by atoms with E-state index in [-0.39, 0.29) is 17.5 Å². The van der Waals surface area contributed by atoms with Crippen molar-refractivity contribution in [3.63, 3.8) is 0 Å². The number of benzene rings is 1. The Labute approximate surface area is 116 Å². The van der Waals surface area contributed by atoms with Gasteiger partial charge in [0.25, 0.3) is 5.69 Å². The van der Waals surface area contributed by atoms with Crippen molar-refractivity contribution >= 4 is 17.3 Å². The molecule has 0 unspecified atom stereocenters. The predicted octanol–water partition coefficient (Wildman–Crippen LogP) is 2.83. The molecule has 1 N–H and O–H groups in total. The molecular weight excluding hydrogens is 256 g/mol. The minimum absolute atomic E-state index is 0.0457. The molecule has 3 saturated carbocycles. The maximum absolute atomic E-state index is 12.3. The number of rotatable bonds is 3. The van der Waals surface area contributed by atoms with E-state index in [1.165, 1.54) is 31.4 Å². The normalized spacial score (nSPS) is 36.5. The molecule has 0 spiro atoms. The molecule has 3 aliphatic carbocycles. The van der Waals surface area contributed by atoms with E-state index >= 15 is 0 Å². The summed E-state index contributed by atoms with van der Waals surface area (Å²) in [5, 5.41) is 13.5. The molecule has 3 fully saturated rings. The molecule has 5 nitrogen and oxygen atoms in total. The number of nitrogens with one attached hydrogen (secondary N) is 1. The number of fused-ring (bicyclic) bond motifs is 5. The van der Waals surface area contributed by atoms with E-state index in [9.17, 15) is 14.9 Å². The Hall–Kier alpha value is -1.91. The summed E-state index contributed by atoms with van der Waals surface area (Å²) in [6.07, 6.45) is 3.93. The van der Waals surface area contributed by atoms with Gasteiger partial charge in [-0.15, -0.1) is 0 Å². The van der Waals surface area contributed by atoms with Gasteiger partial charge in [0.05, 0.1) is 4.92 Å². The second-order valence-electron chi connectivity index (χ2n) is 6.31. The van der Waals surface area contributed by atoms with Gasteiger partial charge in [-0.3, -0.25) is 14.9 Å². The number of hydrogen-bond donors (Lipinski definition) is 1. The van der Waals surface area contributed by atoms with Crippen LogP contribution in [-0.2, 0) is 4.79 Å². The van der Waals surface area contributed by atoms with E-state index in [2.05, 4.69) is 5.32 Å². The van der Waals surface area contributed by atoms with Crippen molar-refractivity contribution in [1.29, 1.82) is 0 Å². The molecule has 3 aliphatic rings. The second-order valence-corrected chi connectivity index (χ2v) is 6.31. The third-order valence-corrected chi connectivity index (χ3v) is 5.38. The molecule has 2 bridgehead atoms. The topological polar surface area (TPSA) is 72.2 Å². The number of nitro benzene ring substituents is 1. The molecule has 4 atom stereocenters. The second kappa shape index (κ2) is 4.04. The van der Waals surface area contributed by atoms with Crippen LogP contribution in [0.2, 0.25) is 0 Å². The van der Waals surface area contributed by atoms with Gasteiger partial charge in [0.2, 0.25) is 5.91 Å². The highest BCUT2D eigenvalue weighted by molar-refractivity contribution is 5.95. The average Bonchev–Trinajstić information content (AvgIpc) is 2.89. The highest BCUT2D eigenvalue weighted by Crippen LogP contribution is 2.69. The fourth-order valence-electron chi connectivity index (χ4n) is 4.57. The number of anilines is 1. The van der Waals surface area contributed by atoms with Crippen LogP contribution in [0.1, 0.15) is 19.3 Å². The van der Waals surface area contributed by atoms with Crippen LogP contribution in [-0.4, -0.2) is 10.8 Å². The van der Waals surface area contributed by atoms with Crippen LogP contribution in [0, 0.1) is 39.7 Å². The van der Waals surface area contributed by atoms with Crippen molar-refractivity contribution in [2.45, 2.75) is 19.3 Å². The van der Waals surface area contributed by atoms with Crippen LogP contribution in [0.25, 0.3) is 0 Å². The lowest BCUT2D eigenvalue weighted by molar-refractivity contribution is -0.384. The van der Waals surface area contributed by atoms with Gasteiger partial charge in [-0.05, 0) is 55.1 Å². The van der Waals surface area contributed by atoms with E-state index in [0.717, 1.165) is 11.8 Å². The highest BCUT2D eigenvalue weighted by atomic mass is 16.6. The quantitative estimate of drug-likeness (QED) is 0.679. The monoisotopic (exact) mass is 272 g/mol. The molecule has 0 radical (unpaired) electrons. The van der Waals surface area contributed by atoms with E-state index in [1.54, 1.807) is 12.1 Å². The summed E-state index contributed by atoms with van der Waals surface area (Å²) >= 11 is 0. The molecular formula is C15H16N2O3. The predicted molar refractivity (Wildman–Crippen MR) is 73.0 cm³/mol. The maximum Gasteiger partial charge on any atom is 0.269 e. The van der Waals surface area contributed by atoms with Crippen molar-refractivity contribution in [3.8, 4) is 0 Å². The number of non-ortho nitro benzene ring substituents is 1. The smallest absolute Gasteiger partial charge is 0.269 e. The molecule has 1 aromatic rings. The van der Waals surface area contributed by atoms with Gasteiger partial charge in [0.1, 0.15) is 0 Å². The van der Waals surface area contributed by atoms with Crippen molar-refractivity contribution in [1.82, 2.24) is 0 Å². The van der Waals surface area contributed by atoms with Crippen LogP contribution in [0.3, 0.4) is 0 Å². The fourth-order valence-corrected chi connectivity index (χ4v) is 4.57. The number of carbonyl (C=O) groups excluding carboxylic acids is 1. The Morgan fingerprint density at radius 1 is 1.15 bits per heavy atom. The van der Waals surface area contributed by atoms with Crippen molar-refractivity contribution < 1.29 is 9.72 Å². The first-order chi connectivity index (χ1) is 9.65. The lowest BCUT2D eigenvalue weighted by Gasteiger charge is -2.09. The van der Waals surface area contributed by atoms with Crippen LogP contribution < -0.4 is 5.32 Å². The molecule has 5 heteroatoms. The minimum atomic E-state index is -0.436. The third-order valence-electron chi connectivity index (χ3n) is 5.38. The summed E-state index contributed by atoms with van der Waals surface area (Å²) < 4.78 is 0.